The summed E-state index contributed by atoms with van der Waals surface area (Å²) >= 11 is 0. The Morgan fingerprint density at radius 1 is 1.07 bits per heavy atom. The van der Waals surface area contributed by atoms with Crippen LogP contribution in [0.2, 0.25) is 0 Å². The number of halogens is 5. The highest BCUT2D eigenvalue weighted by Crippen LogP contribution is 2.99. The molecule has 0 amide bonds. The molecule has 0 aromatic heterocycles. The third kappa shape index (κ3) is 5.26. The average Bonchev–Trinajstić information content (AvgIpc) is 2.00. The van der Waals surface area contributed by atoms with Crippen LogP contribution in [0.1, 0.15) is 25.7 Å². The maximum atomic E-state index is 11.9. The molecule has 0 atom stereocenters. The molecule has 1 aliphatic rings. The second-order valence-corrected chi connectivity index (χ2v) is 5.69. The quantitative estimate of drug-likeness (QED) is 0.569. The fraction of sp³-hybridized carbons (Fsp3) is 0.500. The van der Waals surface area contributed by atoms with Crippen molar-refractivity contribution in [3.63, 3.8) is 0 Å². The summed E-state index contributed by atoms with van der Waals surface area (Å²) in [6, 6.07) is 0. The highest BCUT2D eigenvalue weighted by Gasteiger charge is 2.60. The van der Waals surface area contributed by atoms with E-state index < -0.39 is 15.6 Å². The van der Waals surface area contributed by atoms with E-state index in [1.807, 2.05) is 0 Å². The molecule has 0 fully saturated rings. The third-order valence-electron chi connectivity index (χ3n) is 1.87. The molecule has 0 radical (unpaired) electrons. The van der Waals surface area contributed by atoms with Gasteiger partial charge in [-0.3, -0.25) is 0 Å². The molecule has 0 saturated carbocycles. The standard InChI is InChI=1S/C8H11F5S/c9-14(10,11,12,13)7-6-8-4-2-1-3-5-8/h4,6-7H,1-3,5H2/b7-6+. The van der Waals surface area contributed by atoms with Crippen LogP contribution >= 0.6 is 10.2 Å². The van der Waals surface area contributed by atoms with Gasteiger partial charge in [-0.1, -0.05) is 31.1 Å². The summed E-state index contributed by atoms with van der Waals surface area (Å²) < 4.78 is 59.3. The molecule has 0 aliphatic heterocycles. The SMILES string of the molecule is FS(F)(F)(F)(F)/C=C/C1=CCCCC1. The highest BCUT2D eigenvalue weighted by atomic mass is 32.5. The number of allylic oxidation sites excluding steroid dienone is 3. The number of hydrogen-bond donors (Lipinski definition) is 0. The van der Waals surface area contributed by atoms with Gasteiger partial charge in [0.15, 0.2) is 0 Å². The molecule has 0 aromatic carbocycles. The van der Waals surface area contributed by atoms with E-state index in [1.165, 1.54) is 0 Å². The Kier molecular flexibility index (Phi) is 2.27. The summed E-state index contributed by atoms with van der Waals surface area (Å²) in [5, 5.41) is -0.864. The van der Waals surface area contributed by atoms with Crippen LogP contribution in [0.5, 0.6) is 0 Å². The largest absolute Gasteiger partial charge is 0.304 e. The lowest BCUT2D eigenvalue weighted by Crippen LogP contribution is -2.00. The summed E-state index contributed by atoms with van der Waals surface area (Å²) in [4.78, 5) is 0. The normalized spacial score (nSPS) is 24.2. The molecule has 84 valence electrons. The van der Waals surface area contributed by atoms with Crippen LogP contribution in [0.3, 0.4) is 0 Å². The van der Waals surface area contributed by atoms with E-state index in [-0.39, 0.29) is 0 Å². The maximum Gasteiger partial charge on any atom is 0.304 e. The van der Waals surface area contributed by atoms with Gasteiger partial charge in [0.25, 0.3) is 0 Å². The van der Waals surface area contributed by atoms with Gasteiger partial charge in [0, 0.05) is 0 Å². The van der Waals surface area contributed by atoms with E-state index in [0.717, 1.165) is 12.8 Å². The minimum absolute atomic E-state index is 0.351. The Morgan fingerprint density at radius 3 is 2.14 bits per heavy atom. The minimum atomic E-state index is -9.35. The van der Waals surface area contributed by atoms with Gasteiger partial charge in [0.05, 0.1) is 5.41 Å². The van der Waals surface area contributed by atoms with Crippen molar-refractivity contribution in [1.82, 2.24) is 0 Å². The number of hydrogen-bond acceptors (Lipinski definition) is 0. The summed E-state index contributed by atoms with van der Waals surface area (Å²) in [5.41, 5.74) is 0.351. The molecule has 0 unspecified atom stereocenters. The topological polar surface area (TPSA) is 0 Å². The molecular formula is C8H11F5S. The first kappa shape index (κ1) is 11.6. The van der Waals surface area contributed by atoms with Crippen molar-refractivity contribution < 1.29 is 19.4 Å². The Balaban J connectivity index is 2.79. The van der Waals surface area contributed by atoms with E-state index in [2.05, 4.69) is 0 Å². The predicted octanol–water partition coefficient (Wildman–Crippen LogP) is 5.30. The zero-order chi connectivity index (χ0) is 10.9. The minimum Gasteiger partial charge on any atom is -0.0942 e. The molecule has 0 spiro atoms. The van der Waals surface area contributed by atoms with E-state index >= 15 is 0 Å². The van der Waals surface area contributed by atoms with Crippen molar-refractivity contribution in [3.8, 4) is 0 Å². The van der Waals surface area contributed by atoms with Gasteiger partial charge in [-0.05, 0) is 31.8 Å². The molecule has 0 heterocycles. The van der Waals surface area contributed by atoms with Crippen LogP contribution in [0.15, 0.2) is 23.1 Å². The zero-order valence-electron chi connectivity index (χ0n) is 7.36. The van der Waals surface area contributed by atoms with Crippen LogP contribution in [0.4, 0.5) is 19.4 Å². The second kappa shape index (κ2) is 2.74. The number of rotatable bonds is 2. The van der Waals surface area contributed by atoms with E-state index in [4.69, 9.17) is 0 Å². The first-order chi connectivity index (χ1) is 6.05. The average molecular weight is 234 g/mol. The second-order valence-electron chi connectivity index (χ2n) is 3.36. The van der Waals surface area contributed by atoms with Crippen LogP contribution in [-0.4, -0.2) is 0 Å². The fourth-order valence-electron chi connectivity index (χ4n) is 1.23. The van der Waals surface area contributed by atoms with E-state index in [1.54, 1.807) is 6.08 Å². The van der Waals surface area contributed by atoms with Crippen molar-refractivity contribution in [2.45, 2.75) is 25.7 Å². The molecular weight excluding hydrogens is 223 g/mol. The van der Waals surface area contributed by atoms with Crippen LogP contribution < -0.4 is 0 Å². The van der Waals surface area contributed by atoms with Crippen molar-refractivity contribution in [1.29, 1.82) is 0 Å². The Hall–Kier alpha value is -0.520. The first-order valence-corrected chi connectivity index (χ1v) is 6.19. The van der Waals surface area contributed by atoms with Gasteiger partial charge in [-0.15, -0.1) is 0 Å². The molecule has 0 saturated heterocycles. The maximum absolute atomic E-state index is 11.9. The fourth-order valence-corrected chi connectivity index (χ4v) is 1.66. The summed E-state index contributed by atoms with van der Waals surface area (Å²) in [7, 11) is -9.35. The van der Waals surface area contributed by atoms with E-state index in [9.17, 15) is 19.4 Å². The Labute approximate surface area is 79.2 Å². The van der Waals surface area contributed by atoms with Gasteiger partial charge in [0.1, 0.15) is 0 Å². The van der Waals surface area contributed by atoms with Crippen molar-refractivity contribution in [2.75, 3.05) is 0 Å². The van der Waals surface area contributed by atoms with Gasteiger partial charge in [-0.25, -0.2) is 0 Å². The highest BCUT2D eigenvalue weighted by molar-refractivity contribution is 8.48. The van der Waals surface area contributed by atoms with Crippen molar-refractivity contribution in [3.05, 3.63) is 23.1 Å². The van der Waals surface area contributed by atoms with Gasteiger partial charge >= 0.3 is 10.2 Å². The predicted molar refractivity (Wildman–Crippen MR) is 48.8 cm³/mol. The monoisotopic (exact) mass is 234 g/mol. The molecule has 14 heavy (non-hydrogen) atoms. The first-order valence-electron chi connectivity index (χ1n) is 4.18. The smallest absolute Gasteiger partial charge is 0.0942 e. The van der Waals surface area contributed by atoms with Crippen molar-refractivity contribution >= 4 is 10.2 Å². The lowest BCUT2D eigenvalue weighted by atomic mass is 10.0. The summed E-state index contributed by atoms with van der Waals surface area (Å²) in [6.07, 6.45) is 4.86. The Bertz CT molecular complexity index is 283. The van der Waals surface area contributed by atoms with Gasteiger partial charge in [0.2, 0.25) is 0 Å². The Morgan fingerprint density at radius 2 is 1.71 bits per heavy atom. The molecule has 6 heteroatoms. The lowest BCUT2D eigenvalue weighted by molar-refractivity contribution is 0.384. The molecule has 0 aromatic rings. The molecule has 0 bridgehead atoms. The van der Waals surface area contributed by atoms with E-state index in [0.29, 0.717) is 24.5 Å². The van der Waals surface area contributed by atoms with Gasteiger partial charge in [-0.2, -0.15) is 0 Å². The zero-order valence-corrected chi connectivity index (χ0v) is 8.18. The summed E-state index contributed by atoms with van der Waals surface area (Å²) in [6.45, 7) is 0. The van der Waals surface area contributed by atoms with Crippen LogP contribution in [0.25, 0.3) is 0 Å². The van der Waals surface area contributed by atoms with Crippen LogP contribution in [-0.2, 0) is 0 Å². The van der Waals surface area contributed by atoms with Crippen molar-refractivity contribution in [2.24, 2.45) is 0 Å². The molecule has 1 aliphatic carbocycles. The molecule has 0 nitrogen and oxygen atoms in total. The van der Waals surface area contributed by atoms with Crippen LogP contribution in [0, 0.1) is 0 Å². The van der Waals surface area contributed by atoms with Gasteiger partial charge < -0.3 is 0 Å². The lowest BCUT2D eigenvalue weighted by Gasteiger charge is -2.36. The third-order valence-corrected chi connectivity index (χ3v) is 2.52. The molecule has 1 rings (SSSR count). The molecule has 0 N–H and O–H groups in total. The summed E-state index contributed by atoms with van der Waals surface area (Å²) in [5.74, 6) is 0.